The van der Waals surface area contributed by atoms with Crippen LogP contribution in [0.3, 0.4) is 0 Å². The third-order valence-electron chi connectivity index (χ3n) is 2.81. The second kappa shape index (κ2) is 5.19. The molecule has 3 nitrogen and oxygen atoms in total. The van der Waals surface area contributed by atoms with Gasteiger partial charge in [0.15, 0.2) is 0 Å². The summed E-state index contributed by atoms with van der Waals surface area (Å²) in [6.07, 6.45) is 1.53. The first-order valence-electron chi connectivity index (χ1n) is 5.85. The third-order valence-corrected chi connectivity index (χ3v) is 4.33. The zero-order valence-electron chi connectivity index (χ0n) is 10.9. The lowest BCUT2D eigenvalue weighted by atomic mass is 10.1. The van der Waals surface area contributed by atoms with E-state index in [1.165, 1.54) is 0 Å². The Hall–Kier alpha value is -0.870. The molecule has 0 aliphatic heterocycles. The zero-order valence-corrected chi connectivity index (χ0v) is 11.7. The van der Waals surface area contributed by atoms with Crippen molar-refractivity contribution >= 4 is 10.1 Å². The van der Waals surface area contributed by atoms with E-state index in [2.05, 4.69) is 0 Å². The molecule has 0 aliphatic carbocycles. The van der Waals surface area contributed by atoms with Crippen LogP contribution in [0.4, 0.5) is 0 Å². The summed E-state index contributed by atoms with van der Waals surface area (Å²) in [7, 11) is -3.66. The Bertz CT molecular complexity index is 458. The van der Waals surface area contributed by atoms with Gasteiger partial charge in [-0.1, -0.05) is 26.0 Å². The van der Waals surface area contributed by atoms with Crippen molar-refractivity contribution in [3.63, 3.8) is 0 Å². The highest BCUT2D eigenvalue weighted by Gasteiger charge is 2.26. The second-order valence-corrected chi connectivity index (χ2v) is 6.19. The maximum atomic E-state index is 12.0. The average molecular weight is 256 g/mol. The molecule has 1 aromatic carbocycles. The monoisotopic (exact) mass is 256 g/mol. The Morgan fingerprint density at radius 2 is 1.65 bits per heavy atom. The molecule has 0 unspecified atom stereocenters. The van der Waals surface area contributed by atoms with E-state index in [0.717, 1.165) is 12.0 Å². The van der Waals surface area contributed by atoms with E-state index in [-0.39, 0.29) is 4.90 Å². The van der Waals surface area contributed by atoms with Crippen molar-refractivity contribution in [3.8, 4) is 0 Å². The van der Waals surface area contributed by atoms with Gasteiger partial charge in [0.05, 0.1) is 10.5 Å². The van der Waals surface area contributed by atoms with Gasteiger partial charge in [-0.25, -0.2) is 0 Å². The van der Waals surface area contributed by atoms with Crippen molar-refractivity contribution in [2.45, 2.75) is 51.0 Å². The Morgan fingerprint density at radius 3 is 2.06 bits per heavy atom. The van der Waals surface area contributed by atoms with Crippen LogP contribution in [-0.4, -0.2) is 14.0 Å². The quantitative estimate of drug-likeness (QED) is 0.760. The predicted molar refractivity (Wildman–Crippen MR) is 68.5 cm³/mol. The molecule has 0 aromatic heterocycles. The van der Waals surface area contributed by atoms with Gasteiger partial charge in [0.25, 0.3) is 10.1 Å². The summed E-state index contributed by atoms with van der Waals surface area (Å²) in [6.45, 7) is 7.46. The minimum absolute atomic E-state index is 0.219. The van der Waals surface area contributed by atoms with Gasteiger partial charge in [0.2, 0.25) is 0 Å². The van der Waals surface area contributed by atoms with Gasteiger partial charge in [-0.3, -0.25) is 4.18 Å². The fraction of sp³-hybridized carbons (Fsp3) is 0.538. The number of rotatable bonds is 5. The highest BCUT2D eigenvalue weighted by atomic mass is 32.2. The first-order valence-corrected chi connectivity index (χ1v) is 7.26. The normalized spacial score (nSPS) is 12.7. The molecule has 1 aromatic rings. The molecule has 1 rings (SSSR count). The fourth-order valence-electron chi connectivity index (χ4n) is 1.30. The lowest BCUT2D eigenvalue weighted by Gasteiger charge is -2.22. The Kier molecular flexibility index (Phi) is 4.33. The van der Waals surface area contributed by atoms with Crippen molar-refractivity contribution in [1.82, 2.24) is 0 Å². The molecule has 0 atom stereocenters. The van der Waals surface area contributed by atoms with Crippen molar-refractivity contribution < 1.29 is 12.6 Å². The largest absolute Gasteiger partial charge is 0.297 e. The van der Waals surface area contributed by atoms with Crippen LogP contribution >= 0.6 is 0 Å². The molecule has 0 saturated heterocycles. The summed E-state index contributed by atoms with van der Waals surface area (Å²) in [4.78, 5) is 0.219. The number of benzene rings is 1. The van der Waals surface area contributed by atoms with E-state index in [1.807, 2.05) is 26.0 Å². The van der Waals surface area contributed by atoms with Gasteiger partial charge in [-0.05, 0) is 44.4 Å². The van der Waals surface area contributed by atoms with E-state index in [0.29, 0.717) is 6.42 Å². The highest BCUT2D eigenvalue weighted by molar-refractivity contribution is 7.86. The van der Waals surface area contributed by atoms with E-state index in [9.17, 15) is 8.42 Å². The van der Waals surface area contributed by atoms with Gasteiger partial charge in [-0.2, -0.15) is 8.42 Å². The van der Waals surface area contributed by atoms with Crippen LogP contribution < -0.4 is 0 Å². The lowest BCUT2D eigenvalue weighted by molar-refractivity contribution is 0.114. The fourth-order valence-corrected chi connectivity index (χ4v) is 2.57. The second-order valence-electron chi connectivity index (χ2n) is 4.65. The minimum atomic E-state index is -3.66. The van der Waals surface area contributed by atoms with Gasteiger partial charge >= 0.3 is 0 Å². The van der Waals surface area contributed by atoms with Gasteiger partial charge in [-0.15, -0.1) is 0 Å². The van der Waals surface area contributed by atoms with Crippen LogP contribution in [-0.2, 0) is 20.7 Å². The van der Waals surface area contributed by atoms with Crippen molar-refractivity contribution in [2.75, 3.05) is 0 Å². The van der Waals surface area contributed by atoms with Crippen LogP contribution in [0.15, 0.2) is 29.2 Å². The number of hydrogen-bond donors (Lipinski definition) is 0. The minimum Gasteiger partial charge on any atom is -0.260 e. The molecule has 96 valence electrons. The predicted octanol–water partition coefficient (Wildman–Crippen LogP) is 3.14. The van der Waals surface area contributed by atoms with E-state index in [1.54, 1.807) is 26.0 Å². The topological polar surface area (TPSA) is 43.4 Å². The van der Waals surface area contributed by atoms with Crippen LogP contribution in [0.25, 0.3) is 0 Å². The molecule has 0 amide bonds. The summed E-state index contributed by atoms with van der Waals surface area (Å²) >= 11 is 0. The summed E-state index contributed by atoms with van der Waals surface area (Å²) < 4.78 is 29.2. The van der Waals surface area contributed by atoms with Crippen molar-refractivity contribution in [3.05, 3.63) is 29.8 Å². The molecule has 0 heterocycles. The van der Waals surface area contributed by atoms with Crippen LogP contribution in [0.5, 0.6) is 0 Å². The lowest BCUT2D eigenvalue weighted by Crippen LogP contribution is -2.27. The smallest absolute Gasteiger partial charge is 0.260 e. The van der Waals surface area contributed by atoms with Gasteiger partial charge < -0.3 is 0 Å². The molecule has 17 heavy (non-hydrogen) atoms. The summed E-state index contributed by atoms with van der Waals surface area (Å²) in [5.41, 5.74) is 0.445. The molecule has 0 fully saturated rings. The Balaban J connectivity index is 2.97. The Labute approximate surface area is 104 Å². The first-order chi connectivity index (χ1) is 7.80. The maximum Gasteiger partial charge on any atom is 0.297 e. The van der Waals surface area contributed by atoms with Crippen molar-refractivity contribution in [1.29, 1.82) is 0 Å². The van der Waals surface area contributed by atoms with E-state index < -0.39 is 15.7 Å². The number of hydrogen-bond acceptors (Lipinski definition) is 3. The third kappa shape index (κ3) is 3.82. The molecule has 0 radical (unpaired) electrons. The summed E-state index contributed by atoms with van der Waals surface area (Å²) in [5, 5.41) is 0. The molecule has 4 heteroatoms. The molecule has 0 spiro atoms. The highest BCUT2D eigenvalue weighted by Crippen LogP contribution is 2.22. The van der Waals surface area contributed by atoms with Gasteiger partial charge in [0.1, 0.15) is 0 Å². The van der Waals surface area contributed by atoms with E-state index in [4.69, 9.17) is 4.18 Å². The number of aryl methyl sites for hydroxylation is 1. The van der Waals surface area contributed by atoms with Crippen molar-refractivity contribution in [2.24, 2.45) is 0 Å². The summed E-state index contributed by atoms with van der Waals surface area (Å²) in [5.74, 6) is 0. The SMILES string of the molecule is CCc1ccc(S(=O)(=O)OC(C)(C)CC)cc1. The van der Waals surface area contributed by atoms with Crippen LogP contribution in [0.2, 0.25) is 0 Å². The van der Waals surface area contributed by atoms with Gasteiger partial charge in [0, 0.05) is 0 Å². The Morgan fingerprint density at radius 1 is 1.12 bits per heavy atom. The average Bonchev–Trinajstić information content (AvgIpc) is 2.28. The zero-order chi connectivity index (χ0) is 13.1. The summed E-state index contributed by atoms with van der Waals surface area (Å²) in [6, 6.07) is 6.82. The first kappa shape index (κ1) is 14.2. The standard InChI is InChI=1S/C13H20O3S/c1-5-11-7-9-12(10-8-11)17(14,15)16-13(3,4)6-2/h7-10H,5-6H2,1-4H3. The molecule has 0 saturated carbocycles. The molecule has 0 aliphatic rings. The molecular formula is C13H20O3S. The molecular weight excluding hydrogens is 236 g/mol. The van der Waals surface area contributed by atoms with Crippen LogP contribution in [0.1, 0.15) is 39.7 Å². The maximum absolute atomic E-state index is 12.0. The molecule has 0 N–H and O–H groups in total. The van der Waals surface area contributed by atoms with E-state index >= 15 is 0 Å². The molecule has 0 bridgehead atoms. The van der Waals surface area contributed by atoms with Crippen LogP contribution in [0, 0.1) is 0 Å².